The number of pyridine rings is 1. The summed E-state index contributed by atoms with van der Waals surface area (Å²) in [4.78, 5) is 21.3. The molecular formula is C20H25N3O2. The van der Waals surface area contributed by atoms with Crippen molar-refractivity contribution in [2.45, 2.75) is 57.8 Å². The zero-order valence-electron chi connectivity index (χ0n) is 14.7. The van der Waals surface area contributed by atoms with E-state index in [1.54, 1.807) is 6.20 Å². The number of fused-ring (bicyclic) bond motifs is 1. The number of rotatable bonds is 5. The van der Waals surface area contributed by atoms with E-state index in [0.717, 1.165) is 49.4 Å². The first-order chi connectivity index (χ1) is 12.2. The van der Waals surface area contributed by atoms with Crippen molar-refractivity contribution in [3.05, 3.63) is 53.7 Å². The summed E-state index contributed by atoms with van der Waals surface area (Å²) < 4.78 is 5.89. The molecule has 5 heteroatoms. The molecule has 25 heavy (non-hydrogen) atoms. The number of likely N-dealkylation sites (tertiary alicyclic amines) is 2. The van der Waals surface area contributed by atoms with Crippen LogP contribution in [-0.2, 0) is 24.3 Å². The van der Waals surface area contributed by atoms with E-state index in [4.69, 9.17) is 4.42 Å². The van der Waals surface area contributed by atoms with E-state index in [0.29, 0.717) is 25.0 Å². The fraction of sp³-hybridized carbons (Fsp3) is 0.500. The first-order valence-corrected chi connectivity index (χ1v) is 9.24. The molecule has 2 fully saturated rings. The highest BCUT2D eigenvalue weighted by molar-refractivity contribution is 5.77. The van der Waals surface area contributed by atoms with Crippen LogP contribution in [0.1, 0.15) is 43.3 Å². The highest BCUT2D eigenvalue weighted by Crippen LogP contribution is 2.33. The topological polar surface area (TPSA) is 49.6 Å². The lowest BCUT2D eigenvalue weighted by Gasteiger charge is -2.39. The molecule has 2 aliphatic rings. The molecule has 2 saturated heterocycles. The average Bonchev–Trinajstić information content (AvgIpc) is 3.26. The van der Waals surface area contributed by atoms with Crippen LogP contribution in [0.2, 0.25) is 0 Å². The maximum atomic E-state index is 12.5. The van der Waals surface area contributed by atoms with Crippen LogP contribution < -0.4 is 0 Å². The van der Waals surface area contributed by atoms with Crippen LogP contribution in [0.3, 0.4) is 0 Å². The third-order valence-corrected chi connectivity index (χ3v) is 5.50. The molecule has 0 aromatic carbocycles. The van der Waals surface area contributed by atoms with Gasteiger partial charge in [-0.25, -0.2) is 0 Å². The molecule has 2 atom stereocenters. The third-order valence-electron chi connectivity index (χ3n) is 5.50. The van der Waals surface area contributed by atoms with E-state index in [9.17, 15) is 4.79 Å². The number of piperidine rings is 1. The Labute approximate surface area is 148 Å². The summed E-state index contributed by atoms with van der Waals surface area (Å²) in [6.07, 6.45) is 7.19. The Morgan fingerprint density at radius 3 is 2.80 bits per heavy atom. The molecule has 2 aliphatic heterocycles. The molecule has 0 radical (unpaired) electrons. The van der Waals surface area contributed by atoms with Crippen LogP contribution in [0, 0.1) is 0 Å². The minimum atomic E-state index is 0.276. The molecule has 5 nitrogen and oxygen atoms in total. The van der Waals surface area contributed by atoms with Gasteiger partial charge in [0.25, 0.3) is 0 Å². The van der Waals surface area contributed by atoms with Gasteiger partial charge in [0.05, 0.1) is 6.54 Å². The van der Waals surface area contributed by atoms with Gasteiger partial charge in [-0.05, 0) is 36.6 Å². The molecule has 0 aliphatic carbocycles. The van der Waals surface area contributed by atoms with Crippen LogP contribution in [-0.4, -0.2) is 39.3 Å². The summed E-state index contributed by atoms with van der Waals surface area (Å²) >= 11 is 0. The summed E-state index contributed by atoms with van der Waals surface area (Å²) in [5, 5.41) is 0. The summed E-state index contributed by atoms with van der Waals surface area (Å²) in [6, 6.07) is 8.89. The van der Waals surface area contributed by atoms with Gasteiger partial charge in [0, 0.05) is 50.4 Å². The molecule has 4 rings (SSSR count). The highest BCUT2D eigenvalue weighted by atomic mass is 16.3. The van der Waals surface area contributed by atoms with Crippen molar-refractivity contribution in [1.29, 1.82) is 0 Å². The van der Waals surface area contributed by atoms with Crippen LogP contribution in [0.4, 0.5) is 0 Å². The van der Waals surface area contributed by atoms with Gasteiger partial charge < -0.3 is 9.32 Å². The Balaban J connectivity index is 1.47. The summed E-state index contributed by atoms with van der Waals surface area (Å²) in [7, 11) is 0. The van der Waals surface area contributed by atoms with Gasteiger partial charge in [-0.2, -0.15) is 0 Å². The largest absolute Gasteiger partial charge is 0.465 e. The third kappa shape index (κ3) is 3.33. The van der Waals surface area contributed by atoms with Crippen LogP contribution >= 0.6 is 0 Å². The predicted octanol–water partition coefficient (Wildman–Crippen LogP) is 3.00. The number of carbonyl (C=O) groups excluding carboxylic acids is 1. The van der Waals surface area contributed by atoms with Gasteiger partial charge in [-0.1, -0.05) is 13.0 Å². The molecule has 2 aromatic rings. The number of aromatic nitrogens is 1. The normalized spacial score (nSPS) is 23.9. The van der Waals surface area contributed by atoms with E-state index < -0.39 is 0 Å². The lowest BCUT2D eigenvalue weighted by Crippen LogP contribution is -2.51. The summed E-state index contributed by atoms with van der Waals surface area (Å²) in [6.45, 7) is 4.64. The van der Waals surface area contributed by atoms with E-state index in [2.05, 4.69) is 33.8 Å². The van der Waals surface area contributed by atoms with Crippen molar-refractivity contribution < 1.29 is 9.21 Å². The first-order valence-electron chi connectivity index (χ1n) is 9.24. The number of furan rings is 1. The highest BCUT2D eigenvalue weighted by Gasteiger charge is 2.43. The smallest absolute Gasteiger partial charge is 0.223 e. The number of aryl methyl sites for hydroxylation is 1. The lowest BCUT2D eigenvalue weighted by atomic mass is 9.95. The molecule has 1 amide bonds. The maximum absolute atomic E-state index is 12.5. The Morgan fingerprint density at radius 2 is 2.04 bits per heavy atom. The number of amides is 1. The van der Waals surface area contributed by atoms with Gasteiger partial charge in [-0.15, -0.1) is 0 Å². The van der Waals surface area contributed by atoms with Gasteiger partial charge >= 0.3 is 0 Å². The van der Waals surface area contributed by atoms with Crippen molar-refractivity contribution in [1.82, 2.24) is 14.8 Å². The molecule has 0 unspecified atom stereocenters. The lowest BCUT2D eigenvalue weighted by molar-refractivity contribution is -0.138. The van der Waals surface area contributed by atoms with Crippen LogP contribution in [0.25, 0.3) is 0 Å². The van der Waals surface area contributed by atoms with Gasteiger partial charge in [0.2, 0.25) is 5.91 Å². The Kier molecular flexibility index (Phi) is 4.57. The van der Waals surface area contributed by atoms with E-state index in [1.807, 2.05) is 18.3 Å². The standard InChI is InChI=1S/C20H25N3O2/c1-2-16-5-6-17(25-16)14-22-11-9-19-18(22)7-8-20(24)23(19)13-15-4-3-10-21-12-15/h3-6,10,12,18-19H,2,7-9,11,13-14H2,1H3/t18-,19-/m1/s1. The molecule has 4 heterocycles. The minimum absolute atomic E-state index is 0.276. The van der Waals surface area contributed by atoms with E-state index in [1.165, 1.54) is 0 Å². The fourth-order valence-electron chi connectivity index (χ4n) is 4.23. The zero-order valence-corrected chi connectivity index (χ0v) is 14.7. The second-order valence-corrected chi connectivity index (χ2v) is 7.04. The van der Waals surface area contributed by atoms with Gasteiger partial charge in [-0.3, -0.25) is 14.7 Å². The molecular weight excluding hydrogens is 314 g/mol. The van der Waals surface area contributed by atoms with Gasteiger partial charge in [0.1, 0.15) is 11.5 Å². The number of hydrogen-bond acceptors (Lipinski definition) is 4. The Morgan fingerprint density at radius 1 is 1.16 bits per heavy atom. The van der Waals surface area contributed by atoms with Crippen molar-refractivity contribution in [2.75, 3.05) is 6.54 Å². The Bertz CT molecular complexity index is 728. The van der Waals surface area contributed by atoms with Crippen LogP contribution in [0.5, 0.6) is 0 Å². The monoisotopic (exact) mass is 339 g/mol. The molecule has 2 aromatic heterocycles. The molecule has 0 bridgehead atoms. The maximum Gasteiger partial charge on any atom is 0.223 e. The first kappa shape index (κ1) is 16.3. The molecule has 0 saturated carbocycles. The van der Waals surface area contributed by atoms with Crippen molar-refractivity contribution in [2.24, 2.45) is 0 Å². The zero-order chi connectivity index (χ0) is 17.2. The molecule has 132 valence electrons. The fourth-order valence-corrected chi connectivity index (χ4v) is 4.23. The van der Waals surface area contributed by atoms with Crippen molar-refractivity contribution >= 4 is 5.91 Å². The summed E-state index contributed by atoms with van der Waals surface area (Å²) in [5.74, 6) is 2.36. The second kappa shape index (κ2) is 7.00. The Hall–Kier alpha value is -2.14. The number of nitrogens with zero attached hydrogens (tertiary/aromatic N) is 3. The van der Waals surface area contributed by atoms with Crippen molar-refractivity contribution in [3.8, 4) is 0 Å². The number of carbonyl (C=O) groups is 1. The quantitative estimate of drug-likeness (QED) is 0.840. The average molecular weight is 339 g/mol. The van der Waals surface area contributed by atoms with Gasteiger partial charge in [0.15, 0.2) is 0 Å². The summed E-state index contributed by atoms with van der Waals surface area (Å²) in [5.41, 5.74) is 1.11. The van der Waals surface area contributed by atoms with E-state index in [-0.39, 0.29) is 5.91 Å². The minimum Gasteiger partial charge on any atom is -0.465 e. The SMILES string of the molecule is CCc1ccc(CN2CC[C@@H]3[C@H]2CCC(=O)N3Cc2cccnc2)o1. The molecule has 0 N–H and O–H groups in total. The van der Waals surface area contributed by atoms with Crippen molar-refractivity contribution in [3.63, 3.8) is 0 Å². The predicted molar refractivity (Wildman–Crippen MR) is 94.7 cm³/mol. The second-order valence-electron chi connectivity index (χ2n) is 7.04. The van der Waals surface area contributed by atoms with Crippen LogP contribution in [0.15, 0.2) is 41.1 Å². The van der Waals surface area contributed by atoms with E-state index >= 15 is 0 Å². The molecule has 0 spiro atoms. The number of hydrogen-bond donors (Lipinski definition) is 0.